The second kappa shape index (κ2) is 4.93. The van der Waals surface area contributed by atoms with Gasteiger partial charge in [-0.1, -0.05) is 0 Å². The van der Waals surface area contributed by atoms with Gasteiger partial charge in [0.1, 0.15) is 0 Å². The lowest BCUT2D eigenvalue weighted by atomic mass is 10.1. The first kappa shape index (κ1) is 11.7. The lowest BCUT2D eigenvalue weighted by Gasteiger charge is -2.10. The van der Waals surface area contributed by atoms with E-state index in [1.54, 1.807) is 17.8 Å². The van der Waals surface area contributed by atoms with Gasteiger partial charge in [0, 0.05) is 24.3 Å². The standard InChI is InChI=1S/C10H17N3O2/c1-4-15-10(14)5-9(11)8-6-12-13(3)7(8)2/h6,9H,4-5,11H2,1-3H3/t9-/m1/s1. The monoisotopic (exact) mass is 211 g/mol. The average Bonchev–Trinajstić information content (AvgIpc) is 2.48. The Kier molecular flexibility index (Phi) is 3.85. The third-order valence-electron chi connectivity index (χ3n) is 2.36. The molecular weight excluding hydrogens is 194 g/mol. The number of aromatic nitrogens is 2. The van der Waals surface area contributed by atoms with Gasteiger partial charge in [-0.3, -0.25) is 9.48 Å². The van der Waals surface area contributed by atoms with Crippen molar-refractivity contribution in [2.75, 3.05) is 6.61 Å². The molecule has 2 N–H and O–H groups in total. The SMILES string of the molecule is CCOC(=O)C[C@@H](N)c1cnn(C)c1C. The first-order valence-corrected chi connectivity index (χ1v) is 4.96. The molecule has 0 aliphatic rings. The summed E-state index contributed by atoms with van der Waals surface area (Å²) in [4.78, 5) is 11.2. The Hall–Kier alpha value is -1.36. The first-order chi connectivity index (χ1) is 7.06. The molecule has 15 heavy (non-hydrogen) atoms. The summed E-state index contributed by atoms with van der Waals surface area (Å²) in [5, 5.41) is 4.08. The Morgan fingerprint density at radius 1 is 1.73 bits per heavy atom. The number of rotatable bonds is 4. The van der Waals surface area contributed by atoms with Crippen molar-refractivity contribution in [2.24, 2.45) is 12.8 Å². The van der Waals surface area contributed by atoms with Crippen molar-refractivity contribution in [3.8, 4) is 0 Å². The van der Waals surface area contributed by atoms with Gasteiger partial charge in [0.05, 0.1) is 19.2 Å². The van der Waals surface area contributed by atoms with Gasteiger partial charge in [-0.2, -0.15) is 5.10 Å². The highest BCUT2D eigenvalue weighted by Gasteiger charge is 2.16. The molecule has 0 radical (unpaired) electrons. The molecular formula is C10H17N3O2. The topological polar surface area (TPSA) is 70.1 Å². The van der Waals surface area contributed by atoms with Crippen LogP contribution in [0.4, 0.5) is 0 Å². The molecule has 0 aliphatic carbocycles. The van der Waals surface area contributed by atoms with E-state index in [0.29, 0.717) is 6.61 Å². The minimum Gasteiger partial charge on any atom is -0.466 e. The van der Waals surface area contributed by atoms with Crippen molar-refractivity contribution < 1.29 is 9.53 Å². The van der Waals surface area contributed by atoms with Crippen LogP contribution in [0, 0.1) is 6.92 Å². The highest BCUT2D eigenvalue weighted by Crippen LogP contribution is 2.17. The predicted octanol–water partition coefficient (Wildman–Crippen LogP) is 0.682. The van der Waals surface area contributed by atoms with Gasteiger partial charge in [0.2, 0.25) is 0 Å². The number of nitrogens with zero attached hydrogens (tertiary/aromatic N) is 2. The molecule has 1 heterocycles. The maximum Gasteiger partial charge on any atom is 0.307 e. The molecule has 1 aromatic heterocycles. The molecule has 0 saturated heterocycles. The predicted molar refractivity (Wildman–Crippen MR) is 56.1 cm³/mol. The molecule has 0 fully saturated rings. The van der Waals surface area contributed by atoms with Crippen molar-refractivity contribution in [3.63, 3.8) is 0 Å². The van der Waals surface area contributed by atoms with Gasteiger partial charge in [0.15, 0.2) is 0 Å². The van der Waals surface area contributed by atoms with E-state index in [0.717, 1.165) is 11.3 Å². The van der Waals surface area contributed by atoms with Crippen LogP contribution < -0.4 is 5.73 Å². The van der Waals surface area contributed by atoms with Crippen LogP contribution in [0.5, 0.6) is 0 Å². The van der Waals surface area contributed by atoms with Crippen LogP contribution in [0.1, 0.15) is 30.6 Å². The fourth-order valence-electron chi connectivity index (χ4n) is 1.39. The Bertz CT molecular complexity index is 346. The number of hydrogen-bond acceptors (Lipinski definition) is 4. The van der Waals surface area contributed by atoms with Gasteiger partial charge in [0.25, 0.3) is 0 Å². The molecule has 0 saturated carbocycles. The molecule has 84 valence electrons. The molecule has 1 aromatic rings. The van der Waals surface area contributed by atoms with Crippen LogP contribution in [0.2, 0.25) is 0 Å². The zero-order chi connectivity index (χ0) is 11.4. The molecule has 0 spiro atoms. The van der Waals surface area contributed by atoms with Crippen molar-refractivity contribution in [1.82, 2.24) is 9.78 Å². The van der Waals surface area contributed by atoms with Gasteiger partial charge >= 0.3 is 5.97 Å². The third-order valence-corrected chi connectivity index (χ3v) is 2.36. The number of hydrogen-bond donors (Lipinski definition) is 1. The molecule has 0 aliphatic heterocycles. The van der Waals surface area contributed by atoms with E-state index >= 15 is 0 Å². The minimum absolute atomic E-state index is 0.195. The maximum atomic E-state index is 11.2. The zero-order valence-electron chi connectivity index (χ0n) is 9.36. The molecule has 5 heteroatoms. The van der Waals surface area contributed by atoms with E-state index in [2.05, 4.69) is 5.10 Å². The van der Waals surface area contributed by atoms with Crippen LogP contribution in [0.25, 0.3) is 0 Å². The quantitative estimate of drug-likeness (QED) is 0.743. The van der Waals surface area contributed by atoms with E-state index < -0.39 is 0 Å². The fourth-order valence-corrected chi connectivity index (χ4v) is 1.39. The molecule has 0 bridgehead atoms. The fraction of sp³-hybridized carbons (Fsp3) is 0.600. The smallest absolute Gasteiger partial charge is 0.307 e. The Morgan fingerprint density at radius 3 is 2.87 bits per heavy atom. The second-order valence-electron chi connectivity index (χ2n) is 3.42. The van der Waals surface area contributed by atoms with Crippen LogP contribution in [0.3, 0.4) is 0 Å². The third kappa shape index (κ3) is 2.79. The average molecular weight is 211 g/mol. The van der Waals surface area contributed by atoms with Crippen molar-refractivity contribution in [1.29, 1.82) is 0 Å². The van der Waals surface area contributed by atoms with Gasteiger partial charge in [-0.25, -0.2) is 0 Å². The summed E-state index contributed by atoms with van der Waals surface area (Å²) in [5.41, 5.74) is 7.76. The number of ether oxygens (including phenoxy) is 1. The largest absolute Gasteiger partial charge is 0.466 e. The second-order valence-corrected chi connectivity index (χ2v) is 3.42. The summed E-state index contributed by atoms with van der Waals surface area (Å²) >= 11 is 0. The number of esters is 1. The molecule has 5 nitrogen and oxygen atoms in total. The lowest BCUT2D eigenvalue weighted by Crippen LogP contribution is -2.17. The Labute approximate surface area is 89.2 Å². The van der Waals surface area contributed by atoms with Crippen LogP contribution >= 0.6 is 0 Å². The summed E-state index contributed by atoms with van der Waals surface area (Å²) in [7, 11) is 1.84. The summed E-state index contributed by atoms with van der Waals surface area (Å²) < 4.78 is 6.57. The Balaban J connectivity index is 2.65. The Morgan fingerprint density at radius 2 is 2.40 bits per heavy atom. The maximum absolute atomic E-state index is 11.2. The van der Waals surface area contributed by atoms with Crippen molar-refractivity contribution >= 4 is 5.97 Å². The normalized spacial score (nSPS) is 12.5. The summed E-state index contributed by atoms with van der Waals surface area (Å²) in [5.74, 6) is -0.270. The van der Waals surface area contributed by atoms with Crippen LogP contribution in [0.15, 0.2) is 6.20 Å². The molecule has 0 unspecified atom stereocenters. The number of carbonyl (C=O) groups is 1. The number of aryl methyl sites for hydroxylation is 1. The van der Waals surface area contributed by atoms with Gasteiger partial charge < -0.3 is 10.5 Å². The molecule has 0 aromatic carbocycles. The first-order valence-electron chi connectivity index (χ1n) is 4.96. The van der Waals surface area contributed by atoms with Gasteiger partial charge in [-0.15, -0.1) is 0 Å². The lowest BCUT2D eigenvalue weighted by molar-refractivity contribution is -0.143. The highest BCUT2D eigenvalue weighted by atomic mass is 16.5. The molecule has 1 atom stereocenters. The van der Waals surface area contributed by atoms with E-state index in [1.807, 2.05) is 14.0 Å². The van der Waals surface area contributed by atoms with Crippen molar-refractivity contribution in [2.45, 2.75) is 26.3 Å². The van der Waals surface area contributed by atoms with E-state index in [-0.39, 0.29) is 18.4 Å². The zero-order valence-corrected chi connectivity index (χ0v) is 9.36. The van der Waals surface area contributed by atoms with Crippen LogP contribution in [-0.2, 0) is 16.6 Å². The van der Waals surface area contributed by atoms with E-state index in [4.69, 9.17) is 10.5 Å². The number of carbonyl (C=O) groups excluding carboxylic acids is 1. The summed E-state index contributed by atoms with van der Waals surface area (Å²) in [6.07, 6.45) is 1.89. The van der Waals surface area contributed by atoms with Crippen LogP contribution in [-0.4, -0.2) is 22.4 Å². The van der Waals surface area contributed by atoms with Crippen molar-refractivity contribution in [3.05, 3.63) is 17.5 Å². The molecule has 1 rings (SSSR count). The molecule has 0 amide bonds. The minimum atomic E-state index is -0.335. The summed E-state index contributed by atoms with van der Waals surface area (Å²) in [6.45, 7) is 4.09. The number of nitrogens with two attached hydrogens (primary N) is 1. The highest BCUT2D eigenvalue weighted by molar-refractivity contribution is 5.70. The van der Waals surface area contributed by atoms with Gasteiger partial charge in [-0.05, 0) is 13.8 Å². The van der Waals surface area contributed by atoms with E-state index in [1.165, 1.54) is 0 Å². The summed E-state index contributed by atoms with van der Waals surface area (Å²) in [6, 6.07) is -0.335. The van der Waals surface area contributed by atoms with E-state index in [9.17, 15) is 4.79 Å².